The van der Waals surface area contributed by atoms with Crippen molar-refractivity contribution in [1.29, 1.82) is 0 Å². The molecule has 0 spiro atoms. The Morgan fingerprint density at radius 3 is 2.26 bits per heavy atom. The van der Waals surface area contributed by atoms with Gasteiger partial charge in [-0.15, -0.1) is 0 Å². The van der Waals surface area contributed by atoms with E-state index < -0.39 is 12.1 Å². The monoisotopic (exact) mass is 562 g/mol. The van der Waals surface area contributed by atoms with Crippen molar-refractivity contribution in [3.8, 4) is 5.75 Å². The summed E-state index contributed by atoms with van der Waals surface area (Å²) < 4.78 is 17.6. The van der Waals surface area contributed by atoms with E-state index in [1.807, 2.05) is 24.3 Å². The van der Waals surface area contributed by atoms with Crippen LogP contribution in [0.2, 0.25) is 0 Å². The van der Waals surface area contributed by atoms with Crippen LogP contribution < -0.4 is 4.74 Å². The van der Waals surface area contributed by atoms with Gasteiger partial charge in [-0.1, -0.05) is 105 Å². The summed E-state index contributed by atoms with van der Waals surface area (Å²) in [5, 5.41) is 9.23. The third kappa shape index (κ3) is 6.81. The van der Waals surface area contributed by atoms with Gasteiger partial charge in [-0.25, -0.2) is 4.79 Å². The summed E-state index contributed by atoms with van der Waals surface area (Å²) in [7, 11) is 1.41. The van der Waals surface area contributed by atoms with Crippen LogP contribution in [-0.2, 0) is 27.1 Å². The Morgan fingerprint density at radius 2 is 1.55 bits per heavy atom. The fourth-order valence-corrected chi connectivity index (χ4v) is 5.46. The standard InChI is InChI=1S/C37H38O5/c1-4-26-10-13-29-14-15-31-24-30(25(2)28-8-6-5-7-9-28)16-19-33(31)36(34(29)22-26)42-21-20-41-32-17-11-27(12-18-32)23-35(40-3)37(38)39/h5-19,22,24-25,35-36H,4,20-21,23H2,1-3H3,(H,38,39). The van der Waals surface area contributed by atoms with Crippen molar-refractivity contribution in [2.45, 2.75) is 44.8 Å². The predicted octanol–water partition coefficient (Wildman–Crippen LogP) is 7.71. The van der Waals surface area contributed by atoms with Gasteiger partial charge in [0.15, 0.2) is 6.10 Å². The average Bonchev–Trinajstić information content (AvgIpc) is 3.18. The predicted molar refractivity (Wildman–Crippen MR) is 167 cm³/mol. The van der Waals surface area contributed by atoms with Crippen molar-refractivity contribution in [3.63, 3.8) is 0 Å². The highest BCUT2D eigenvalue weighted by Crippen LogP contribution is 2.38. The molecule has 42 heavy (non-hydrogen) atoms. The van der Waals surface area contributed by atoms with Crippen LogP contribution in [0.5, 0.6) is 5.75 Å². The fraction of sp³-hybridized carbons (Fsp3) is 0.270. The molecule has 1 aliphatic carbocycles. The van der Waals surface area contributed by atoms with Gasteiger partial charge in [0.1, 0.15) is 18.5 Å². The van der Waals surface area contributed by atoms with Crippen LogP contribution >= 0.6 is 0 Å². The smallest absolute Gasteiger partial charge is 0.333 e. The number of carboxylic acid groups (broad SMARTS) is 1. The highest BCUT2D eigenvalue weighted by Gasteiger charge is 2.24. The Hall–Kier alpha value is -4.19. The first-order chi connectivity index (χ1) is 20.5. The molecule has 1 N–H and O–H groups in total. The molecule has 5 nitrogen and oxygen atoms in total. The summed E-state index contributed by atoms with van der Waals surface area (Å²) in [4.78, 5) is 11.3. The van der Waals surface area contributed by atoms with Gasteiger partial charge >= 0.3 is 5.97 Å². The topological polar surface area (TPSA) is 65.0 Å². The number of methoxy groups -OCH3 is 1. The second kappa shape index (κ2) is 13.6. The van der Waals surface area contributed by atoms with Crippen LogP contribution in [0.4, 0.5) is 0 Å². The molecular weight excluding hydrogens is 524 g/mol. The largest absolute Gasteiger partial charge is 0.491 e. The molecule has 216 valence electrons. The molecule has 0 saturated heterocycles. The summed E-state index contributed by atoms with van der Waals surface area (Å²) in [6.45, 7) is 5.22. The SMILES string of the molecule is CCc1ccc2c(c1)C(OCCOc1ccc(CC(OC)C(=O)O)cc1)c1ccc(C(C)c3ccccc3)cc1C=C2. The minimum absolute atomic E-state index is 0.217. The molecule has 1 aliphatic rings. The third-order valence-electron chi connectivity index (χ3n) is 8.02. The van der Waals surface area contributed by atoms with Gasteiger partial charge in [0.2, 0.25) is 0 Å². The molecule has 5 heteroatoms. The van der Waals surface area contributed by atoms with Gasteiger partial charge in [-0.2, -0.15) is 0 Å². The van der Waals surface area contributed by atoms with Gasteiger partial charge in [-0.05, 0) is 63.1 Å². The van der Waals surface area contributed by atoms with E-state index in [4.69, 9.17) is 14.2 Å². The maximum absolute atomic E-state index is 11.3. The van der Waals surface area contributed by atoms with Crippen molar-refractivity contribution in [2.24, 2.45) is 0 Å². The number of carboxylic acids is 1. The Balaban J connectivity index is 1.32. The van der Waals surface area contributed by atoms with Crippen LogP contribution in [0.25, 0.3) is 12.2 Å². The van der Waals surface area contributed by atoms with E-state index in [0.29, 0.717) is 25.4 Å². The Kier molecular flexibility index (Phi) is 9.52. The van der Waals surface area contributed by atoms with Crippen molar-refractivity contribution < 1.29 is 24.1 Å². The van der Waals surface area contributed by atoms with Crippen molar-refractivity contribution >= 4 is 18.1 Å². The van der Waals surface area contributed by atoms with Gasteiger partial charge in [0, 0.05) is 19.4 Å². The first-order valence-electron chi connectivity index (χ1n) is 14.6. The van der Waals surface area contributed by atoms with Gasteiger partial charge in [0.25, 0.3) is 0 Å². The zero-order valence-corrected chi connectivity index (χ0v) is 24.5. The highest BCUT2D eigenvalue weighted by molar-refractivity contribution is 5.77. The van der Waals surface area contributed by atoms with E-state index >= 15 is 0 Å². The molecule has 0 amide bonds. The molecule has 3 atom stereocenters. The summed E-state index contributed by atoms with van der Waals surface area (Å²) in [6.07, 6.45) is 4.59. The van der Waals surface area contributed by atoms with Gasteiger partial charge in [-0.3, -0.25) is 0 Å². The molecule has 0 fully saturated rings. The number of ether oxygens (including phenoxy) is 3. The maximum atomic E-state index is 11.3. The quantitative estimate of drug-likeness (QED) is 0.179. The molecule has 0 heterocycles. The molecule has 0 saturated carbocycles. The molecule has 0 aliphatic heterocycles. The minimum Gasteiger partial charge on any atom is -0.491 e. The molecule has 0 aromatic heterocycles. The van der Waals surface area contributed by atoms with E-state index in [2.05, 4.69) is 92.7 Å². The zero-order chi connectivity index (χ0) is 29.5. The molecule has 4 aromatic rings. The first-order valence-corrected chi connectivity index (χ1v) is 14.6. The van der Waals surface area contributed by atoms with E-state index in [-0.39, 0.29) is 12.0 Å². The first kappa shape index (κ1) is 29.3. The zero-order valence-electron chi connectivity index (χ0n) is 24.5. The summed E-state index contributed by atoms with van der Waals surface area (Å²) in [5.74, 6) is 0.0218. The number of aliphatic carboxylic acids is 1. The minimum atomic E-state index is -0.972. The van der Waals surface area contributed by atoms with Gasteiger partial charge < -0.3 is 19.3 Å². The number of benzene rings is 4. The lowest BCUT2D eigenvalue weighted by Crippen LogP contribution is -2.24. The Bertz CT molecular complexity index is 1520. The highest BCUT2D eigenvalue weighted by atomic mass is 16.5. The van der Waals surface area contributed by atoms with Crippen LogP contribution in [0.1, 0.15) is 70.4 Å². The van der Waals surface area contributed by atoms with Crippen molar-refractivity contribution in [1.82, 2.24) is 0 Å². The Morgan fingerprint density at radius 1 is 0.810 bits per heavy atom. The maximum Gasteiger partial charge on any atom is 0.333 e. The molecule has 0 bridgehead atoms. The van der Waals surface area contributed by atoms with E-state index in [1.54, 1.807) is 0 Å². The number of carbonyl (C=O) groups is 1. The number of aryl methyl sites for hydroxylation is 1. The molecule has 3 unspecified atom stereocenters. The lowest BCUT2D eigenvalue weighted by atomic mass is 9.88. The Labute approximate surface area is 248 Å². The number of rotatable bonds is 12. The lowest BCUT2D eigenvalue weighted by Gasteiger charge is -2.23. The van der Waals surface area contributed by atoms with Crippen LogP contribution in [-0.4, -0.2) is 37.5 Å². The second-order valence-corrected chi connectivity index (χ2v) is 10.7. The van der Waals surface area contributed by atoms with Crippen LogP contribution in [0.15, 0.2) is 91.0 Å². The molecule has 5 rings (SSSR count). The lowest BCUT2D eigenvalue weighted by molar-refractivity contribution is -0.148. The molecule has 4 aromatic carbocycles. The average molecular weight is 563 g/mol. The van der Waals surface area contributed by atoms with Gasteiger partial charge in [0.05, 0.1) is 6.61 Å². The summed E-state index contributed by atoms with van der Waals surface area (Å²) >= 11 is 0. The van der Waals surface area contributed by atoms with Crippen molar-refractivity contribution in [2.75, 3.05) is 20.3 Å². The van der Waals surface area contributed by atoms with E-state index in [1.165, 1.54) is 40.5 Å². The number of hydrogen-bond acceptors (Lipinski definition) is 4. The van der Waals surface area contributed by atoms with Crippen LogP contribution in [0.3, 0.4) is 0 Å². The summed E-state index contributed by atoms with van der Waals surface area (Å²) in [6, 6.07) is 31.4. The van der Waals surface area contributed by atoms with Crippen molar-refractivity contribution in [3.05, 3.63) is 136 Å². The number of fused-ring (bicyclic) bond motifs is 2. The third-order valence-corrected chi connectivity index (χ3v) is 8.02. The van der Waals surface area contributed by atoms with E-state index in [0.717, 1.165) is 17.5 Å². The number of hydrogen-bond donors (Lipinski definition) is 1. The van der Waals surface area contributed by atoms with Crippen LogP contribution in [0, 0.1) is 0 Å². The normalized spacial score (nSPS) is 15.3. The second-order valence-electron chi connectivity index (χ2n) is 10.7. The summed E-state index contributed by atoms with van der Waals surface area (Å²) in [5.41, 5.74) is 9.38. The molecule has 0 radical (unpaired) electrons. The fourth-order valence-electron chi connectivity index (χ4n) is 5.46. The van der Waals surface area contributed by atoms with E-state index in [9.17, 15) is 9.90 Å². The molecular formula is C37H38O5.